The quantitative estimate of drug-likeness (QED) is 0.207. The normalized spacial score (nSPS) is 17.9. The van der Waals surface area contributed by atoms with Gasteiger partial charge in [0, 0.05) is 65.4 Å². The molecule has 0 radical (unpaired) electrons. The third-order valence-corrected chi connectivity index (χ3v) is 6.17. The highest BCUT2D eigenvalue weighted by atomic mass is 16.5. The summed E-state index contributed by atoms with van der Waals surface area (Å²) in [6.45, 7) is 2.16. The Hall–Kier alpha value is -3.30. The van der Waals surface area contributed by atoms with E-state index in [1.54, 1.807) is 14.7 Å². The molecule has 1 saturated heterocycles. The van der Waals surface area contributed by atoms with Crippen molar-refractivity contribution in [1.29, 1.82) is 0 Å². The average molecular weight is 554 g/mol. The summed E-state index contributed by atoms with van der Waals surface area (Å²) in [5, 5.41) is 41.0. The first-order valence-corrected chi connectivity index (χ1v) is 12.8. The van der Waals surface area contributed by atoms with Crippen LogP contribution in [-0.4, -0.2) is 155 Å². The molecule has 14 heteroatoms. The number of carbonyl (C=O) groups is 4. The monoisotopic (exact) mass is 553 g/mol. The maximum Gasteiger partial charge on any atom is 0.407 e. The number of alkyl carbamates (subject to hydrolysis) is 1. The van der Waals surface area contributed by atoms with E-state index in [1.165, 1.54) is 0 Å². The van der Waals surface area contributed by atoms with Crippen LogP contribution in [0.5, 0.6) is 0 Å². The van der Waals surface area contributed by atoms with E-state index < -0.39 is 30.1 Å². The van der Waals surface area contributed by atoms with Crippen molar-refractivity contribution in [2.75, 3.05) is 85.1 Å². The average Bonchev–Trinajstić information content (AvgIpc) is 2.87. The van der Waals surface area contributed by atoms with Gasteiger partial charge in [-0.3, -0.25) is 34.0 Å². The van der Waals surface area contributed by atoms with Crippen LogP contribution in [0, 0.1) is 0 Å². The van der Waals surface area contributed by atoms with Crippen LogP contribution in [0.2, 0.25) is 0 Å². The second kappa shape index (κ2) is 17.3. The third-order valence-electron chi connectivity index (χ3n) is 6.17. The first-order valence-electron chi connectivity index (χ1n) is 12.8. The maximum atomic E-state index is 12.0. The van der Waals surface area contributed by atoms with Gasteiger partial charge in [-0.2, -0.15) is 0 Å². The molecule has 1 amide bonds. The number of nitrogens with zero attached hydrogens (tertiary/aromatic N) is 4. The number of carbonyl (C=O) groups excluding carboxylic acids is 1. The largest absolute Gasteiger partial charge is 0.480 e. The molecule has 39 heavy (non-hydrogen) atoms. The molecule has 14 nitrogen and oxygen atoms in total. The van der Waals surface area contributed by atoms with Crippen molar-refractivity contribution in [1.82, 2.24) is 24.9 Å². The Bertz CT molecular complexity index is 888. The van der Waals surface area contributed by atoms with E-state index in [1.807, 2.05) is 35.2 Å². The van der Waals surface area contributed by atoms with Gasteiger partial charge in [0.2, 0.25) is 0 Å². The van der Waals surface area contributed by atoms with Crippen molar-refractivity contribution >= 4 is 24.0 Å². The van der Waals surface area contributed by atoms with Crippen LogP contribution >= 0.6 is 0 Å². The summed E-state index contributed by atoms with van der Waals surface area (Å²) in [6, 6.07) is 9.17. The van der Waals surface area contributed by atoms with Crippen molar-refractivity contribution in [2.24, 2.45) is 0 Å². The predicted molar refractivity (Wildman–Crippen MR) is 139 cm³/mol. The van der Waals surface area contributed by atoms with Crippen molar-refractivity contribution in [3.63, 3.8) is 0 Å². The number of amides is 1. The second-order valence-electron chi connectivity index (χ2n) is 9.41. The standard InChI is InChI=1S/C25H39N5O9/c31-21(14-26-25(38)39-19-20-4-2-1-3-5-20)15-27-6-8-28(16-22(32)33)10-12-30(18-24(36)37)13-11-29(9-7-27)17-23(34)35/h1-5,21,31H,6-19H2,(H,26,38)(H,32,33)(H,34,35)(H,36,37). The van der Waals surface area contributed by atoms with E-state index in [9.17, 15) is 39.6 Å². The van der Waals surface area contributed by atoms with Gasteiger partial charge >= 0.3 is 24.0 Å². The number of ether oxygens (including phenoxy) is 1. The minimum absolute atomic E-state index is 0.0635. The summed E-state index contributed by atoms with van der Waals surface area (Å²) < 4.78 is 5.16. The topological polar surface area (TPSA) is 183 Å². The van der Waals surface area contributed by atoms with Crippen molar-refractivity contribution < 1.29 is 44.3 Å². The fourth-order valence-electron chi connectivity index (χ4n) is 4.15. The Morgan fingerprint density at radius 3 is 1.54 bits per heavy atom. The van der Waals surface area contributed by atoms with E-state index in [-0.39, 0.29) is 39.3 Å². The fourth-order valence-corrected chi connectivity index (χ4v) is 4.15. The van der Waals surface area contributed by atoms with E-state index in [4.69, 9.17) is 4.74 Å². The predicted octanol–water partition coefficient (Wildman–Crippen LogP) is -1.25. The van der Waals surface area contributed by atoms with E-state index >= 15 is 0 Å². The molecule has 1 atom stereocenters. The van der Waals surface area contributed by atoms with Gasteiger partial charge in [0.25, 0.3) is 0 Å². The first-order chi connectivity index (χ1) is 18.6. The number of β-amino-alcohol motifs (C(OH)–C–C–N with tert-alkyl or cyclic N) is 1. The molecule has 1 aromatic rings. The molecule has 1 aliphatic rings. The molecule has 1 heterocycles. The number of rotatable bonds is 12. The molecule has 0 aliphatic carbocycles. The first kappa shape index (κ1) is 31.9. The van der Waals surface area contributed by atoms with Gasteiger partial charge in [-0.15, -0.1) is 0 Å². The summed E-state index contributed by atoms with van der Waals surface area (Å²) in [5.74, 6) is -3.04. The minimum atomic E-state index is -1.02. The highest BCUT2D eigenvalue weighted by Crippen LogP contribution is 2.03. The van der Waals surface area contributed by atoms with Crippen LogP contribution in [0.25, 0.3) is 0 Å². The molecule has 0 saturated carbocycles. The van der Waals surface area contributed by atoms with Gasteiger partial charge in [-0.05, 0) is 5.56 Å². The highest BCUT2D eigenvalue weighted by Gasteiger charge is 2.21. The van der Waals surface area contributed by atoms with Gasteiger partial charge < -0.3 is 30.5 Å². The molecule has 5 N–H and O–H groups in total. The van der Waals surface area contributed by atoms with Gasteiger partial charge in [-0.25, -0.2) is 4.79 Å². The van der Waals surface area contributed by atoms with Gasteiger partial charge in [0.05, 0.1) is 25.7 Å². The maximum absolute atomic E-state index is 12.0. The number of hydrogen-bond donors (Lipinski definition) is 5. The van der Waals surface area contributed by atoms with Crippen molar-refractivity contribution in [3.8, 4) is 0 Å². The van der Waals surface area contributed by atoms with Crippen molar-refractivity contribution in [2.45, 2.75) is 12.7 Å². The molecule has 2 rings (SSSR count). The number of benzene rings is 1. The molecule has 218 valence electrons. The zero-order chi connectivity index (χ0) is 28.6. The SMILES string of the molecule is O=C(O)CN1CCN(CC(=O)O)CCN(CC(O)CNC(=O)OCc2ccccc2)CCN(CC(=O)O)CC1. The van der Waals surface area contributed by atoms with Gasteiger partial charge in [-0.1, -0.05) is 30.3 Å². The van der Waals surface area contributed by atoms with Gasteiger partial charge in [0.15, 0.2) is 0 Å². The smallest absolute Gasteiger partial charge is 0.407 e. The molecule has 1 fully saturated rings. The zero-order valence-corrected chi connectivity index (χ0v) is 22.0. The second-order valence-corrected chi connectivity index (χ2v) is 9.41. The van der Waals surface area contributed by atoms with Crippen LogP contribution in [0.3, 0.4) is 0 Å². The Morgan fingerprint density at radius 2 is 1.13 bits per heavy atom. The molecule has 1 aliphatic heterocycles. The summed E-state index contributed by atoms with van der Waals surface area (Å²) >= 11 is 0. The van der Waals surface area contributed by atoms with Crippen LogP contribution in [0.4, 0.5) is 4.79 Å². The Balaban J connectivity index is 1.97. The lowest BCUT2D eigenvalue weighted by Gasteiger charge is -2.33. The number of aliphatic carboxylic acids is 3. The molecule has 1 unspecified atom stereocenters. The molecular formula is C25H39N5O9. The number of carboxylic acids is 3. The van der Waals surface area contributed by atoms with Crippen molar-refractivity contribution in [3.05, 3.63) is 35.9 Å². The number of nitrogens with one attached hydrogen (secondary N) is 1. The van der Waals surface area contributed by atoms with Gasteiger partial charge in [0.1, 0.15) is 6.61 Å². The highest BCUT2D eigenvalue weighted by molar-refractivity contribution is 5.70. The summed E-state index contributed by atoms with van der Waals surface area (Å²) in [4.78, 5) is 53.0. The third kappa shape index (κ3) is 14.4. The number of hydrogen-bond acceptors (Lipinski definition) is 10. The van der Waals surface area contributed by atoms with Crippen LogP contribution in [0.1, 0.15) is 5.56 Å². The van der Waals surface area contributed by atoms with Crippen LogP contribution in [0.15, 0.2) is 30.3 Å². The summed E-state index contributed by atoms with van der Waals surface area (Å²) in [6.07, 6.45) is -1.62. The number of aliphatic hydroxyl groups excluding tert-OH is 1. The Kier molecular flexibility index (Phi) is 14.2. The van der Waals surface area contributed by atoms with E-state index in [0.29, 0.717) is 52.4 Å². The molecule has 1 aromatic carbocycles. The molecule has 0 spiro atoms. The molecule has 0 bridgehead atoms. The minimum Gasteiger partial charge on any atom is -0.480 e. The van der Waals surface area contributed by atoms with E-state index in [2.05, 4.69) is 5.32 Å². The number of aliphatic hydroxyl groups is 1. The Morgan fingerprint density at radius 1 is 0.718 bits per heavy atom. The molecule has 0 aromatic heterocycles. The number of carboxylic acid groups (broad SMARTS) is 3. The van der Waals surface area contributed by atoms with Crippen LogP contribution in [-0.2, 0) is 25.7 Å². The lowest BCUT2D eigenvalue weighted by Crippen LogP contribution is -2.50. The van der Waals surface area contributed by atoms with Crippen LogP contribution < -0.4 is 5.32 Å². The lowest BCUT2D eigenvalue weighted by molar-refractivity contribution is -0.140. The lowest BCUT2D eigenvalue weighted by atomic mass is 10.2. The fraction of sp³-hybridized carbons (Fsp3) is 0.600. The zero-order valence-electron chi connectivity index (χ0n) is 22.0. The molecular weight excluding hydrogens is 514 g/mol. The Labute approximate surface area is 227 Å². The summed E-state index contributed by atoms with van der Waals surface area (Å²) in [7, 11) is 0. The summed E-state index contributed by atoms with van der Waals surface area (Å²) in [5.41, 5.74) is 0.829. The van der Waals surface area contributed by atoms with E-state index in [0.717, 1.165) is 5.56 Å².